The number of benzene rings is 1. The van der Waals surface area contributed by atoms with Crippen LogP contribution < -0.4 is 5.32 Å². The molecule has 90 valence electrons. The van der Waals surface area contributed by atoms with E-state index in [2.05, 4.69) is 39.4 Å². The predicted molar refractivity (Wildman–Crippen MR) is 74.2 cm³/mol. The zero-order chi connectivity index (χ0) is 11.8. The number of thioether (sulfide) groups is 1. The Morgan fingerprint density at radius 3 is 2.81 bits per heavy atom. The fourth-order valence-electron chi connectivity index (χ4n) is 1.23. The molecule has 0 aromatic heterocycles. The van der Waals surface area contributed by atoms with Crippen LogP contribution in [0.5, 0.6) is 0 Å². The first kappa shape index (κ1) is 14.0. The molecule has 0 bridgehead atoms. The van der Waals surface area contributed by atoms with E-state index >= 15 is 0 Å². The number of hydrogen-bond donors (Lipinski definition) is 1. The molecule has 0 amide bonds. The molecule has 0 aliphatic heterocycles. The Bertz CT molecular complexity index is 309. The topological polar surface area (TPSA) is 21.3 Å². The molecule has 2 nitrogen and oxygen atoms in total. The van der Waals surface area contributed by atoms with Crippen LogP contribution in [0.1, 0.15) is 6.92 Å². The van der Waals surface area contributed by atoms with Gasteiger partial charge in [0.2, 0.25) is 0 Å². The highest BCUT2D eigenvalue weighted by Gasteiger charge is 2.07. The van der Waals surface area contributed by atoms with E-state index in [0.717, 1.165) is 23.4 Å². The molecule has 1 N–H and O–H groups in total. The van der Waals surface area contributed by atoms with Gasteiger partial charge in [-0.1, -0.05) is 12.1 Å². The van der Waals surface area contributed by atoms with Crippen LogP contribution in [0.4, 0.5) is 0 Å². The summed E-state index contributed by atoms with van der Waals surface area (Å²) in [4.78, 5) is 1.28. The molecule has 0 aliphatic rings. The van der Waals surface area contributed by atoms with Gasteiger partial charge in [-0.05, 0) is 42.0 Å². The molecule has 0 spiro atoms. The maximum absolute atomic E-state index is 5.42. The highest BCUT2D eigenvalue weighted by molar-refractivity contribution is 9.10. The van der Waals surface area contributed by atoms with Gasteiger partial charge in [0.15, 0.2) is 0 Å². The molecule has 0 radical (unpaired) electrons. The highest BCUT2D eigenvalue weighted by Crippen LogP contribution is 2.27. The normalized spacial score (nSPS) is 12.7. The maximum Gasteiger partial charge on any atom is 0.0627 e. The summed E-state index contributed by atoms with van der Waals surface area (Å²) in [5.41, 5.74) is 0. The Morgan fingerprint density at radius 2 is 2.19 bits per heavy atom. The third kappa shape index (κ3) is 4.87. The Kier molecular flexibility index (Phi) is 7.12. The Hall–Kier alpha value is -0.0300. The second-order valence-corrected chi connectivity index (χ2v) is 5.30. The first-order valence-corrected chi connectivity index (χ1v) is 7.18. The van der Waals surface area contributed by atoms with Crippen molar-refractivity contribution in [3.05, 3.63) is 28.7 Å². The molecule has 0 saturated carbocycles. The molecule has 0 heterocycles. The summed E-state index contributed by atoms with van der Waals surface area (Å²) in [6.45, 7) is 3.57. The van der Waals surface area contributed by atoms with E-state index in [-0.39, 0.29) is 0 Å². The lowest BCUT2D eigenvalue weighted by molar-refractivity contribution is 0.131. The standard InChI is InChI=1S/C12H18BrNOS/c1-3-15-8-10(14-2)9-16-12-7-5-4-6-11(12)13/h4-7,10,14H,3,8-9H2,1-2H3. The second kappa shape index (κ2) is 8.12. The third-order valence-electron chi connectivity index (χ3n) is 2.21. The third-order valence-corrected chi connectivity index (χ3v) is 4.40. The quantitative estimate of drug-likeness (QED) is 0.782. The van der Waals surface area contributed by atoms with Crippen LogP contribution in [0.25, 0.3) is 0 Å². The van der Waals surface area contributed by atoms with Crippen LogP contribution >= 0.6 is 27.7 Å². The molecular weight excluding hydrogens is 286 g/mol. The van der Waals surface area contributed by atoms with Crippen molar-refractivity contribution in [2.75, 3.05) is 26.0 Å². The number of ether oxygens (including phenoxy) is 1. The van der Waals surface area contributed by atoms with Gasteiger partial charge in [-0.2, -0.15) is 0 Å². The Balaban J connectivity index is 2.40. The SMILES string of the molecule is CCOCC(CSc1ccccc1Br)NC. The minimum atomic E-state index is 0.400. The molecule has 1 rings (SSSR count). The lowest BCUT2D eigenvalue weighted by Gasteiger charge is -2.15. The lowest BCUT2D eigenvalue weighted by atomic mass is 10.4. The van der Waals surface area contributed by atoms with Gasteiger partial charge in [0.25, 0.3) is 0 Å². The Morgan fingerprint density at radius 1 is 1.44 bits per heavy atom. The van der Waals surface area contributed by atoms with Crippen molar-refractivity contribution in [1.82, 2.24) is 5.32 Å². The number of nitrogens with one attached hydrogen (secondary N) is 1. The van der Waals surface area contributed by atoms with Gasteiger partial charge in [0.1, 0.15) is 0 Å². The number of hydrogen-bond acceptors (Lipinski definition) is 3. The molecule has 0 aliphatic carbocycles. The van der Waals surface area contributed by atoms with E-state index in [9.17, 15) is 0 Å². The molecular formula is C12H18BrNOS. The van der Waals surface area contributed by atoms with Crippen molar-refractivity contribution in [3.63, 3.8) is 0 Å². The van der Waals surface area contributed by atoms with E-state index in [1.807, 2.05) is 31.8 Å². The van der Waals surface area contributed by atoms with Gasteiger partial charge in [0, 0.05) is 27.8 Å². The van der Waals surface area contributed by atoms with Crippen LogP contribution in [0.3, 0.4) is 0 Å². The summed E-state index contributed by atoms with van der Waals surface area (Å²) < 4.78 is 6.58. The van der Waals surface area contributed by atoms with Crippen LogP contribution in [0, 0.1) is 0 Å². The van der Waals surface area contributed by atoms with Crippen LogP contribution in [0.15, 0.2) is 33.6 Å². The summed E-state index contributed by atoms with van der Waals surface area (Å²) in [5.74, 6) is 1.01. The minimum absolute atomic E-state index is 0.400. The van der Waals surface area contributed by atoms with Crippen molar-refractivity contribution < 1.29 is 4.74 Å². The summed E-state index contributed by atoms with van der Waals surface area (Å²) in [5, 5.41) is 3.27. The molecule has 1 aromatic carbocycles. The summed E-state index contributed by atoms with van der Waals surface area (Å²) >= 11 is 5.39. The largest absolute Gasteiger partial charge is 0.380 e. The van der Waals surface area contributed by atoms with E-state index in [0.29, 0.717) is 6.04 Å². The maximum atomic E-state index is 5.42. The van der Waals surface area contributed by atoms with Crippen LogP contribution in [-0.2, 0) is 4.74 Å². The van der Waals surface area contributed by atoms with Crippen molar-refractivity contribution in [3.8, 4) is 0 Å². The molecule has 1 unspecified atom stereocenters. The average molecular weight is 304 g/mol. The molecule has 0 saturated heterocycles. The van der Waals surface area contributed by atoms with E-state index < -0.39 is 0 Å². The van der Waals surface area contributed by atoms with Crippen LogP contribution in [0.2, 0.25) is 0 Å². The Labute approximate surface area is 110 Å². The number of rotatable bonds is 7. The fourth-order valence-corrected chi connectivity index (χ4v) is 2.88. The minimum Gasteiger partial charge on any atom is -0.380 e. The van der Waals surface area contributed by atoms with Gasteiger partial charge >= 0.3 is 0 Å². The number of likely N-dealkylation sites (N-methyl/N-ethyl adjacent to an activating group) is 1. The highest BCUT2D eigenvalue weighted by atomic mass is 79.9. The van der Waals surface area contributed by atoms with E-state index in [4.69, 9.17) is 4.74 Å². The fraction of sp³-hybridized carbons (Fsp3) is 0.500. The van der Waals surface area contributed by atoms with Crippen molar-refractivity contribution in [2.24, 2.45) is 0 Å². The predicted octanol–water partition coefficient (Wildman–Crippen LogP) is 3.17. The van der Waals surface area contributed by atoms with E-state index in [1.165, 1.54) is 4.90 Å². The van der Waals surface area contributed by atoms with E-state index in [1.54, 1.807) is 0 Å². The molecule has 1 atom stereocenters. The van der Waals surface area contributed by atoms with Gasteiger partial charge in [-0.3, -0.25) is 0 Å². The molecule has 0 fully saturated rings. The van der Waals surface area contributed by atoms with Crippen molar-refractivity contribution in [1.29, 1.82) is 0 Å². The van der Waals surface area contributed by atoms with Crippen molar-refractivity contribution in [2.45, 2.75) is 17.9 Å². The average Bonchev–Trinajstić information content (AvgIpc) is 2.31. The monoisotopic (exact) mass is 303 g/mol. The van der Waals surface area contributed by atoms with Gasteiger partial charge in [0.05, 0.1) is 6.61 Å². The summed E-state index contributed by atoms with van der Waals surface area (Å²) in [6.07, 6.45) is 0. The first-order valence-electron chi connectivity index (χ1n) is 5.40. The van der Waals surface area contributed by atoms with Crippen molar-refractivity contribution >= 4 is 27.7 Å². The zero-order valence-corrected chi connectivity index (χ0v) is 12.1. The van der Waals surface area contributed by atoms with Gasteiger partial charge in [-0.15, -0.1) is 11.8 Å². The molecule has 4 heteroatoms. The summed E-state index contributed by atoms with van der Waals surface area (Å²) in [6, 6.07) is 8.69. The molecule has 1 aromatic rings. The number of halogens is 1. The van der Waals surface area contributed by atoms with Gasteiger partial charge < -0.3 is 10.1 Å². The smallest absolute Gasteiger partial charge is 0.0627 e. The van der Waals surface area contributed by atoms with Gasteiger partial charge in [-0.25, -0.2) is 0 Å². The van der Waals surface area contributed by atoms with Crippen LogP contribution in [-0.4, -0.2) is 32.1 Å². The first-order chi connectivity index (χ1) is 7.77. The summed E-state index contributed by atoms with van der Waals surface area (Å²) in [7, 11) is 1.98. The molecule has 16 heavy (non-hydrogen) atoms. The lowest BCUT2D eigenvalue weighted by Crippen LogP contribution is -2.32. The zero-order valence-electron chi connectivity index (χ0n) is 9.70. The second-order valence-electron chi connectivity index (χ2n) is 3.39.